The van der Waals surface area contributed by atoms with Crippen molar-refractivity contribution in [2.45, 2.75) is 61.3 Å². The number of hydrogen-bond donors (Lipinski definition) is 8. The molecule has 2 aliphatic rings. The molecule has 1 aromatic carbocycles. The molecule has 2 saturated heterocycles. The van der Waals surface area contributed by atoms with Crippen molar-refractivity contribution in [1.82, 2.24) is 0 Å². The van der Waals surface area contributed by atoms with Gasteiger partial charge >= 0.3 is 0 Å². The number of carboxylic acid groups (broad SMARTS) is 1. The van der Waals surface area contributed by atoms with Gasteiger partial charge in [-0.3, -0.25) is 0 Å². The van der Waals surface area contributed by atoms with Crippen molar-refractivity contribution >= 4 is 11.7 Å². The summed E-state index contributed by atoms with van der Waals surface area (Å²) in [6.45, 7) is -1.36. The Labute approximate surface area is 182 Å². The fraction of sp³-hybridized carbons (Fsp3) is 0.632. The van der Waals surface area contributed by atoms with Gasteiger partial charge in [0.25, 0.3) is 0 Å². The highest BCUT2D eigenvalue weighted by atomic mass is 16.7. The molecule has 2 aliphatic heterocycles. The Hall–Kier alpha value is -1.91. The third-order valence-corrected chi connectivity index (χ3v) is 5.43. The van der Waals surface area contributed by atoms with Crippen LogP contribution in [0.2, 0.25) is 0 Å². The van der Waals surface area contributed by atoms with Crippen molar-refractivity contribution in [3.8, 4) is 0 Å². The monoisotopic (exact) mass is 460 g/mol. The number of carbonyl (C=O) groups is 1. The summed E-state index contributed by atoms with van der Waals surface area (Å²) in [5.41, 5.74) is 0.276. The molecule has 0 unspecified atom stereocenters. The lowest BCUT2D eigenvalue weighted by Crippen LogP contribution is -2.65. The fourth-order valence-electron chi connectivity index (χ4n) is 3.58. The zero-order valence-corrected chi connectivity index (χ0v) is 16.7. The normalized spacial score (nSPS) is 40.1. The number of ether oxygens (including phenoxy) is 3. The van der Waals surface area contributed by atoms with E-state index in [9.17, 15) is 45.6 Å². The van der Waals surface area contributed by atoms with Crippen LogP contribution in [0.5, 0.6) is 0 Å². The molecule has 0 aliphatic carbocycles. The van der Waals surface area contributed by atoms with Crippen LogP contribution in [-0.4, -0.2) is 116 Å². The lowest BCUT2D eigenvalue weighted by atomic mass is 9.96. The van der Waals surface area contributed by atoms with Gasteiger partial charge in [-0.05, 0) is 17.7 Å². The van der Waals surface area contributed by atoms with Crippen LogP contribution >= 0.6 is 0 Å². The van der Waals surface area contributed by atoms with Crippen molar-refractivity contribution < 1.29 is 59.9 Å². The van der Waals surface area contributed by atoms with E-state index in [1.807, 2.05) is 0 Å². The Kier molecular flexibility index (Phi) is 8.00. The van der Waals surface area contributed by atoms with Gasteiger partial charge in [0.1, 0.15) is 48.8 Å². The second kappa shape index (κ2) is 10.4. The summed E-state index contributed by atoms with van der Waals surface area (Å²) in [5, 5.41) is 83.5. The Balaban J connectivity index is 1.70. The topological polar surface area (TPSA) is 221 Å². The Morgan fingerprint density at radius 2 is 1.50 bits per heavy atom. The van der Waals surface area contributed by atoms with Crippen LogP contribution in [0.4, 0.5) is 5.69 Å². The minimum atomic E-state index is -1.76. The van der Waals surface area contributed by atoms with Gasteiger partial charge < -0.3 is 65.2 Å². The van der Waals surface area contributed by atoms with Gasteiger partial charge in [0.15, 0.2) is 12.5 Å². The zero-order valence-electron chi connectivity index (χ0n) is 16.7. The maximum absolute atomic E-state index is 10.8. The molecule has 0 bridgehead atoms. The number of aromatic carboxylic acids is 1. The van der Waals surface area contributed by atoms with Crippen LogP contribution in [0.1, 0.15) is 10.4 Å². The van der Waals surface area contributed by atoms with Gasteiger partial charge in [-0.2, -0.15) is 0 Å². The summed E-state index contributed by atoms with van der Waals surface area (Å²) in [7, 11) is 0. The van der Waals surface area contributed by atoms with E-state index in [1.54, 1.807) is 0 Å². The van der Waals surface area contributed by atoms with E-state index in [4.69, 9.17) is 14.2 Å². The second-order valence-electron chi connectivity index (χ2n) is 7.57. The first-order valence-corrected chi connectivity index (χ1v) is 9.84. The first kappa shape index (κ1) is 24.7. The average Bonchev–Trinajstić information content (AvgIpc) is 2.79. The number of anilines is 1. The number of rotatable bonds is 7. The third kappa shape index (κ3) is 5.02. The lowest BCUT2D eigenvalue weighted by molar-refractivity contribution is -0.340. The van der Waals surface area contributed by atoms with Crippen LogP contribution in [0.3, 0.4) is 0 Å². The Morgan fingerprint density at radius 1 is 0.875 bits per heavy atom. The van der Waals surface area contributed by atoms with E-state index in [0.29, 0.717) is 5.69 Å². The number of nitrogens with one attached hydrogen (secondary N) is 1. The molecule has 8 N–H and O–H groups in total. The molecule has 0 radical (unpaired) electrons. The van der Waals surface area contributed by atoms with Gasteiger partial charge in [-0.25, -0.2) is 0 Å². The molecule has 1 aromatic rings. The van der Waals surface area contributed by atoms with Gasteiger partial charge in [-0.1, -0.05) is 12.1 Å². The summed E-state index contributed by atoms with van der Waals surface area (Å²) in [4.78, 5) is 10.8. The zero-order chi connectivity index (χ0) is 23.6. The molecular weight excluding hydrogens is 434 g/mol. The van der Waals surface area contributed by atoms with Gasteiger partial charge in [0, 0.05) is 5.69 Å². The van der Waals surface area contributed by atoms with Gasteiger partial charge in [-0.15, -0.1) is 0 Å². The number of benzene rings is 1. The fourth-order valence-corrected chi connectivity index (χ4v) is 3.58. The third-order valence-electron chi connectivity index (χ3n) is 5.43. The maximum Gasteiger partial charge on any atom is 0.187 e. The highest BCUT2D eigenvalue weighted by Crippen LogP contribution is 2.29. The SMILES string of the molecule is O=C([O-])c1ccc(N[C@H]2O[C@H](CO)[C@@H](O[C@@H]3O[C@@H](CO)[C@H](O)[C@@H](O)[C@@H]3O)[C@H](O)[C@H]2O)cc1. The quantitative estimate of drug-likeness (QED) is 0.191. The maximum atomic E-state index is 10.8. The molecule has 13 heteroatoms. The van der Waals surface area contributed by atoms with Gasteiger partial charge in [0.2, 0.25) is 0 Å². The molecule has 13 nitrogen and oxygen atoms in total. The van der Waals surface area contributed by atoms with Crippen LogP contribution in [0.25, 0.3) is 0 Å². The van der Waals surface area contributed by atoms with Crippen molar-refractivity contribution in [1.29, 1.82) is 0 Å². The average molecular weight is 460 g/mol. The summed E-state index contributed by atoms with van der Waals surface area (Å²) in [5.74, 6) is -1.37. The number of hydrogen-bond acceptors (Lipinski definition) is 13. The Bertz CT molecular complexity index is 759. The molecule has 2 fully saturated rings. The number of carboxylic acids is 1. The minimum Gasteiger partial charge on any atom is -0.545 e. The number of carbonyl (C=O) groups excluding carboxylic acids is 1. The van der Waals surface area contributed by atoms with E-state index in [1.165, 1.54) is 24.3 Å². The van der Waals surface area contributed by atoms with Crippen LogP contribution in [0.15, 0.2) is 24.3 Å². The molecule has 10 atom stereocenters. The molecule has 3 rings (SSSR count). The van der Waals surface area contributed by atoms with Crippen LogP contribution in [0, 0.1) is 0 Å². The van der Waals surface area contributed by atoms with Crippen LogP contribution < -0.4 is 10.4 Å². The van der Waals surface area contributed by atoms with E-state index in [-0.39, 0.29) is 5.56 Å². The lowest BCUT2D eigenvalue weighted by Gasteiger charge is -2.46. The first-order chi connectivity index (χ1) is 15.2. The molecule has 0 aromatic heterocycles. The van der Waals surface area contributed by atoms with Crippen molar-refractivity contribution in [3.63, 3.8) is 0 Å². The highest BCUT2D eigenvalue weighted by molar-refractivity contribution is 5.86. The summed E-state index contributed by atoms with van der Waals surface area (Å²) >= 11 is 0. The van der Waals surface area contributed by atoms with Crippen LogP contribution in [-0.2, 0) is 14.2 Å². The molecule has 180 valence electrons. The minimum absolute atomic E-state index is 0.0677. The molecular formula is C19H26NO12-. The largest absolute Gasteiger partial charge is 0.545 e. The predicted octanol–water partition coefficient (Wildman–Crippen LogP) is -4.91. The van der Waals surface area contributed by atoms with Crippen molar-refractivity contribution in [2.24, 2.45) is 0 Å². The van der Waals surface area contributed by atoms with E-state index >= 15 is 0 Å². The summed E-state index contributed by atoms with van der Waals surface area (Å²) < 4.78 is 16.3. The predicted molar refractivity (Wildman–Crippen MR) is 101 cm³/mol. The molecule has 0 amide bonds. The van der Waals surface area contributed by atoms with E-state index < -0.39 is 80.5 Å². The van der Waals surface area contributed by atoms with E-state index in [0.717, 1.165) is 0 Å². The number of aliphatic hydroxyl groups is 7. The molecule has 0 saturated carbocycles. The second-order valence-corrected chi connectivity index (χ2v) is 7.57. The first-order valence-electron chi connectivity index (χ1n) is 9.84. The molecule has 0 spiro atoms. The smallest absolute Gasteiger partial charge is 0.187 e. The molecule has 2 heterocycles. The van der Waals surface area contributed by atoms with Gasteiger partial charge in [0.05, 0.1) is 19.2 Å². The van der Waals surface area contributed by atoms with Crippen molar-refractivity contribution in [2.75, 3.05) is 18.5 Å². The summed E-state index contributed by atoms with van der Waals surface area (Å²) in [6, 6.07) is 5.30. The van der Waals surface area contributed by atoms with Crippen molar-refractivity contribution in [3.05, 3.63) is 29.8 Å². The highest BCUT2D eigenvalue weighted by Gasteiger charge is 2.50. The van der Waals surface area contributed by atoms with E-state index in [2.05, 4.69) is 5.32 Å². The Morgan fingerprint density at radius 3 is 2.06 bits per heavy atom. The standard InChI is InChI=1S/C19H27NO12/c21-5-9-11(23)12(24)15(27)19(31-9)32-16-10(6-22)30-17(14(26)13(16)25)20-8-3-1-7(2-4-8)18(28)29/h1-4,9-17,19-27H,5-6H2,(H,28,29)/p-1/t9-,10+,11-,12+,13+,14+,15-,16+,17-,19-/m0/s1. The summed E-state index contributed by atoms with van der Waals surface area (Å²) in [6.07, 6.45) is -15.1. The number of aliphatic hydroxyl groups excluding tert-OH is 7. The molecule has 32 heavy (non-hydrogen) atoms.